The minimum atomic E-state index is -0.169. The number of pyridine rings is 1. The SMILES string of the molecule is CCC(=O)N1CCC[C@@H](Nc2c(-c3ccnc(N4CCC(N(C)C(=O)CC#N)C4)n3)cnc3[nH]ccc23)C1. The second-order valence-corrected chi connectivity index (χ2v) is 9.93. The molecule has 198 valence electrons. The molecule has 2 amide bonds. The van der Waals surface area contributed by atoms with Gasteiger partial charge in [0.05, 0.1) is 23.5 Å². The maximum Gasteiger partial charge on any atom is 0.236 e. The molecule has 2 saturated heterocycles. The van der Waals surface area contributed by atoms with Gasteiger partial charge in [-0.05, 0) is 31.4 Å². The number of nitrogens with zero attached hydrogens (tertiary/aromatic N) is 7. The van der Waals surface area contributed by atoms with Gasteiger partial charge in [0, 0.05) is 75.2 Å². The quantitative estimate of drug-likeness (QED) is 0.491. The van der Waals surface area contributed by atoms with Crippen LogP contribution in [0.3, 0.4) is 0 Å². The lowest BCUT2D eigenvalue weighted by Gasteiger charge is -2.34. The fraction of sp³-hybridized carbons (Fsp3) is 0.481. The van der Waals surface area contributed by atoms with Crippen molar-refractivity contribution in [3.05, 3.63) is 30.7 Å². The Bertz CT molecular complexity index is 1360. The predicted molar refractivity (Wildman–Crippen MR) is 144 cm³/mol. The molecule has 1 unspecified atom stereocenters. The van der Waals surface area contributed by atoms with Gasteiger partial charge in [0.1, 0.15) is 12.1 Å². The predicted octanol–water partition coefficient (Wildman–Crippen LogP) is 2.78. The first-order chi connectivity index (χ1) is 18.5. The van der Waals surface area contributed by atoms with Gasteiger partial charge in [-0.1, -0.05) is 6.92 Å². The number of fused-ring (bicyclic) bond motifs is 1. The zero-order valence-electron chi connectivity index (χ0n) is 21.9. The number of anilines is 2. The van der Waals surface area contributed by atoms with Crippen LogP contribution < -0.4 is 10.2 Å². The van der Waals surface area contributed by atoms with Crippen molar-refractivity contribution < 1.29 is 9.59 Å². The number of H-pyrrole nitrogens is 1. The van der Waals surface area contributed by atoms with E-state index in [0.717, 1.165) is 60.3 Å². The first-order valence-electron chi connectivity index (χ1n) is 13.2. The molecule has 5 rings (SSSR count). The minimum absolute atomic E-state index is 0.0123. The van der Waals surface area contributed by atoms with Gasteiger partial charge in [-0.25, -0.2) is 15.0 Å². The van der Waals surface area contributed by atoms with Crippen LogP contribution >= 0.6 is 0 Å². The Labute approximate surface area is 221 Å². The number of piperidine rings is 1. The molecule has 38 heavy (non-hydrogen) atoms. The fourth-order valence-corrected chi connectivity index (χ4v) is 5.39. The Morgan fingerprint density at radius 2 is 2.11 bits per heavy atom. The van der Waals surface area contributed by atoms with Gasteiger partial charge in [0.15, 0.2) is 0 Å². The number of hydrogen-bond acceptors (Lipinski definition) is 8. The van der Waals surface area contributed by atoms with Crippen molar-refractivity contribution in [2.45, 2.75) is 51.1 Å². The Hall–Kier alpha value is -4.20. The molecule has 2 fully saturated rings. The number of nitrogens with one attached hydrogen (secondary N) is 2. The molecule has 2 N–H and O–H groups in total. The van der Waals surface area contributed by atoms with Crippen LogP contribution in [-0.4, -0.2) is 86.9 Å². The maximum absolute atomic E-state index is 12.3. The molecular formula is C27H33N9O2. The van der Waals surface area contributed by atoms with Gasteiger partial charge in [-0.3, -0.25) is 9.59 Å². The highest BCUT2D eigenvalue weighted by atomic mass is 16.2. The molecule has 5 heterocycles. The molecule has 0 aromatic carbocycles. The maximum atomic E-state index is 12.3. The third-order valence-electron chi connectivity index (χ3n) is 7.55. The van der Waals surface area contributed by atoms with Gasteiger partial charge in [0.2, 0.25) is 17.8 Å². The zero-order chi connectivity index (χ0) is 26.6. The minimum Gasteiger partial charge on any atom is -0.379 e. The molecule has 0 radical (unpaired) electrons. The number of hydrogen-bond donors (Lipinski definition) is 2. The first kappa shape index (κ1) is 25.4. The van der Waals surface area contributed by atoms with Gasteiger partial charge >= 0.3 is 0 Å². The first-order valence-corrected chi connectivity index (χ1v) is 13.2. The van der Waals surface area contributed by atoms with E-state index in [1.807, 2.05) is 42.4 Å². The number of rotatable bonds is 7. The smallest absolute Gasteiger partial charge is 0.236 e. The summed E-state index contributed by atoms with van der Waals surface area (Å²) < 4.78 is 0. The normalized spacial score (nSPS) is 19.4. The Morgan fingerprint density at radius 1 is 1.24 bits per heavy atom. The number of aromatic amines is 1. The highest BCUT2D eigenvalue weighted by molar-refractivity contribution is 5.97. The van der Waals surface area contributed by atoms with Crippen molar-refractivity contribution in [1.29, 1.82) is 5.26 Å². The monoisotopic (exact) mass is 515 g/mol. The third kappa shape index (κ3) is 5.11. The number of carbonyl (C=O) groups excluding carboxylic acids is 2. The van der Waals surface area contributed by atoms with E-state index in [9.17, 15) is 9.59 Å². The van der Waals surface area contributed by atoms with Crippen LogP contribution in [0.15, 0.2) is 30.7 Å². The Morgan fingerprint density at radius 3 is 2.92 bits per heavy atom. The van der Waals surface area contributed by atoms with Gasteiger partial charge < -0.3 is 25.0 Å². The number of amides is 2. The van der Waals surface area contributed by atoms with Crippen molar-refractivity contribution >= 4 is 34.5 Å². The summed E-state index contributed by atoms with van der Waals surface area (Å²) >= 11 is 0. The van der Waals surface area contributed by atoms with Crippen molar-refractivity contribution in [3.8, 4) is 17.3 Å². The Kier molecular flexibility index (Phi) is 7.40. The highest BCUT2D eigenvalue weighted by Gasteiger charge is 2.30. The van der Waals surface area contributed by atoms with Crippen LogP contribution in [0.5, 0.6) is 0 Å². The number of likely N-dealkylation sites (tertiary alicyclic amines) is 1. The second kappa shape index (κ2) is 11.0. The molecule has 2 aliphatic rings. The molecule has 0 saturated carbocycles. The Balaban J connectivity index is 1.40. The third-order valence-corrected chi connectivity index (χ3v) is 7.55. The van der Waals surface area contributed by atoms with E-state index < -0.39 is 0 Å². The van der Waals surface area contributed by atoms with Crippen molar-refractivity contribution in [2.24, 2.45) is 0 Å². The number of nitriles is 1. The summed E-state index contributed by atoms with van der Waals surface area (Å²) in [5.74, 6) is 0.615. The summed E-state index contributed by atoms with van der Waals surface area (Å²) in [6, 6.07) is 5.96. The summed E-state index contributed by atoms with van der Waals surface area (Å²) in [7, 11) is 1.75. The standard InChI is InChI=1S/C27H33N9O2/c1-3-23(37)35-13-4-5-18(16-35)32-25-20-7-11-29-26(20)31-15-21(25)22-8-12-30-27(33-22)36-14-9-19(17-36)34(2)24(38)6-10-28/h7-8,11-12,15,18-19H,3-6,9,13-14,16-17H2,1-2H3,(H2,29,31,32)/t18-,19?/m1/s1. The molecule has 11 heteroatoms. The number of aromatic nitrogens is 4. The van der Waals surface area contributed by atoms with E-state index in [-0.39, 0.29) is 30.3 Å². The van der Waals surface area contributed by atoms with Crippen molar-refractivity contribution in [1.82, 2.24) is 29.7 Å². The molecule has 3 aromatic rings. The topological polar surface area (TPSA) is 134 Å². The summed E-state index contributed by atoms with van der Waals surface area (Å²) in [6.45, 7) is 4.71. The molecule has 2 atom stereocenters. The zero-order valence-corrected chi connectivity index (χ0v) is 21.9. The summed E-state index contributed by atoms with van der Waals surface area (Å²) in [4.78, 5) is 47.5. The summed E-state index contributed by atoms with van der Waals surface area (Å²) in [6.07, 6.45) is 8.57. The largest absolute Gasteiger partial charge is 0.379 e. The van der Waals surface area contributed by atoms with E-state index in [1.54, 1.807) is 18.1 Å². The summed E-state index contributed by atoms with van der Waals surface area (Å²) in [5, 5.41) is 13.6. The van der Waals surface area contributed by atoms with Gasteiger partial charge in [-0.15, -0.1) is 0 Å². The molecule has 11 nitrogen and oxygen atoms in total. The van der Waals surface area contributed by atoms with Crippen LogP contribution in [0.25, 0.3) is 22.3 Å². The van der Waals surface area contributed by atoms with E-state index >= 15 is 0 Å². The van der Waals surface area contributed by atoms with E-state index in [1.165, 1.54) is 0 Å². The molecule has 2 aliphatic heterocycles. The van der Waals surface area contributed by atoms with E-state index in [2.05, 4.69) is 25.2 Å². The van der Waals surface area contributed by atoms with Gasteiger partial charge in [-0.2, -0.15) is 5.26 Å². The number of likely N-dealkylation sites (N-methyl/N-ethyl adjacent to an activating group) is 1. The lowest BCUT2D eigenvalue weighted by molar-refractivity contribution is -0.132. The van der Waals surface area contributed by atoms with Crippen LogP contribution in [0.2, 0.25) is 0 Å². The van der Waals surface area contributed by atoms with Crippen LogP contribution in [0.4, 0.5) is 11.6 Å². The summed E-state index contributed by atoms with van der Waals surface area (Å²) in [5.41, 5.74) is 3.35. The average molecular weight is 516 g/mol. The molecule has 0 aliphatic carbocycles. The van der Waals surface area contributed by atoms with E-state index in [0.29, 0.717) is 25.5 Å². The van der Waals surface area contributed by atoms with Gasteiger partial charge in [0.25, 0.3) is 0 Å². The number of carbonyl (C=O) groups is 2. The average Bonchev–Trinajstić information content (AvgIpc) is 3.63. The van der Waals surface area contributed by atoms with Crippen LogP contribution in [0.1, 0.15) is 39.0 Å². The van der Waals surface area contributed by atoms with E-state index in [4.69, 9.17) is 10.2 Å². The van der Waals surface area contributed by atoms with Crippen LogP contribution in [-0.2, 0) is 9.59 Å². The molecule has 0 spiro atoms. The molecule has 0 bridgehead atoms. The lowest BCUT2D eigenvalue weighted by atomic mass is 10.0. The lowest BCUT2D eigenvalue weighted by Crippen LogP contribution is -2.45. The highest BCUT2D eigenvalue weighted by Crippen LogP contribution is 2.34. The molecular weight excluding hydrogens is 482 g/mol. The van der Waals surface area contributed by atoms with Crippen LogP contribution in [0, 0.1) is 11.3 Å². The molecule has 3 aromatic heterocycles. The second-order valence-electron chi connectivity index (χ2n) is 9.93. The fourth-order valence-electron chi connectivity index (χ4n) is 5.39. The van der Waals surface area contributed by atoms with Crippen molar-refractivity contribution in [3.63, 3.8) is 0 Å². The van der Waals surface area contributed by atoms with Crippen molar-refractivity contribution in [2.75, 3.05) is 43.4 Å².